The summed E-state index contributed by atoms with van der Waals surface area (Å²) in [6.07, 6.45) is 4.05. The van der Waals surface area contributed by atoms with Gasteiger partial charge in [-0.05, 0) is 44.2 Å². The highest BCUT2D eigenvalue weighted by Gasteiger charge is 2.22. The minimum absolute atomic E-state index is 0.654. The van der Waals surface area contributed by atoms with E-state index in [1.165, 1.54) is 38.9 Å². The first kappa shape index (κ1) is 13.3. The first-order valence-electron chi connectivity index (χ1n) is 7.29. The smallest absolute Gasteiger partial charge is 0.0593 e. The molecule has 1 heterocycles. The Morgan fingerprint density at radius 2 is 2.18 bits per heavy atom. The van der Waals surface area contributed by atoms with Crippen LogP contribution in [0.4, 0.5) is 0 Å². The predicted molar refractivity (Wildman–Crippen MR) is 71.2 cm³/mol. The SMILES string of the molecule is CC(C)C1CN(CCOCC2CC2)CCCN1. The molecule has 1 aliphatic heterocycles. The van der Waals surface area contributed by atoms with Crippen LogP contribution < -0.4 is 5.32 Å². The van der Waals surface area contributed by atoms with Crippen molar-refractivity contribution < 1.29 is 4.74 Å². The highest BCUT2D eigenvalue weighted by molar-refractivity contribution is 4.79. The summed E-state index contributed by atoms with van der Waals surface area (Å²) in [4.78, 5) is 2.57. The summed E-state index contributed by atoms with van der Waals surface area (Å²) in [6, 6.07) is 0.654. The molecule has 17 heavy (non-hydrogen) atoms. The van der Waals surface area contributed by atoms with Gasteiger partial charge < -0.3 is 10.1 Å². The number of hydrogen-bond donors (Lipinski definition) is 1. The van der Waals surface area contributed by atoms with Gasteiger partial charge in [0.2, 0.25) is 0 Å². The van der Waals surface area contributed by atoms with Gasteiger partial charge in [-0.3, -0.25) is 4.90 Å². The lowest BCUT2D eigenvalue weighted by Crippen LogP contribution is -2.42. The molecule has 2 fully saturated rings. The first-order chi connectivity index (χ1) is 8.25. The zero-order valence-corrected chi connectivity index (χ0v) is 11.5. The molecule has 0 radical (unpaired) electrons. The average molecular weight is 240 g/mol. The van der Waals surface area contributed by atoms with E-state index in [1.54, 1.807) is 0 Å². The summed E-state index contributed by atoms with van der Waals surface area (Å²) in [5.41, 5.74) is 0. The van der Waals surface area contributed by atoms with Crippen LogP contribution in [-0.4, -0.2) is 50.3 Å². The van der Waals surface area contributed by atoms with E-state index in [0.29, 0.717) is 6.04 Å². The third-order valence-electron chi connectivity index (χ3n) is 3.92. The molecule has 0 aromatic heterocycles. The van der Waals surface area contributed by atoms with E-state index in [2.05, 4.69) is 24.1 Å². The monoisotopic (exact) mass is 240 g/mol. The molecular weight excluding hydrogens is 212 g/mol. The standard InChI is InChI=1S/C14H28N2O/c1-12(2)14-10-16(7-3-6-15-14)8-9-17-11-13-4-5-13/h12-15H,3-11H2,1-2H3. The van der Waals surface area contributed by atoms with E-state index in [4.69, 9.17) is 4.74 Å². The number of nitrogens with one attached hydrogen (secondary N) is 1. The zero-order valence-electron chi connectivity index (χ0n) is 11.5. The fourth-order valence-corrected chi connectivity index (χ4v) is 2.40. The Kier molecular flexibility index (Phi) is 5.26. The molecular formula is C14H28N2O. The summed E-state index contributed by atoms with van der Waals surface area (Å²) in [6.45, 7) is 11.2. The Balaban J connectivity index is 1.62. The van der Waals surface area contributed by atoms with Crippen LogP contribution in [0.1, 0.15) is 33.1 Å². The summed E-state index contributed by atoms with van der Waals surface area (Å²) in [5, 5.41) is 3.65. The molecule has 1 saturated heterocycles. The van der Waals surface area contributed by atoms with Gasteiger partial charge in [-0.1, -0.05) is 13.8 Å². The third kappa shape index (κ3) is 4.94. The average Bonchev–Trinajstić information content (AvgIpc) is 3.11. The van der Waals surface area contributed by atoms with Crippen molar-refractivity contribution in [3.8, 4) is 0 Å². The largest absolute Gasteiger partial charge is 0.380 e. The van der Waals surface area contributed by atoms with Crippen LogP contribution in [0.25, 0.3) is 0 Å². The lowest BCUT2D eigenvalue weighted by molar-refractivity contribution is 0.0940. The van der Waals surface area contributed by atoms with E-state index < -0.39 is 0 Å². The minimum Gasteiger partial charge on any atom is -0.380 e. The maximum Gasteiger partial charge on any atom is 0.0593 e. The molecule has 1 saturated carbocycles. The van der Waals surface area contributed by atoms with E-state index in [-0.39, 0.29) is 0 Å². The van der Waals surface area contributed by atoms with Gasteiger partial charge in [0.15, 0.2) is 0 Å². The first-order valence-corrected chi connectivity index (χ1v) is 7.29. The van der Waals surface area contributed by atoms with Crippen LogP contribution in [0.2, 0.25) is 0 Å². The lowest BCUT2D eigenvalue weighted by Gasteiger charge is -2.26. The normalized spacial score (nSPS) is 27.4. The topological polar surface area (TPSA) is 24.5 Å². The van der Waals surface area contributed by atoms with Crippen LogP contribution >= 0.6 is 0 Å². The van der Waals surface area contributed by atoms with E-state index in [9.17, 15) is 0 Å². The molecule has 1 N–H and O–H groups in total. The van der Waals surface area contributed by atoms with Crippen molar-refractivity contribution in [2.45, 2.75) is 39.2 Å². The maximum atomic E-state index is 5.73. The highest BCUT2D eigenvalue weighted by atomic mass is 16.5. The molecule has 0 amide bonds. The zero-order chi connectivity index (χ0) is 12.1. The van der Waals surface area contributed by atoms with Gasteiger partial charge in [0, 0.05) is 25.7 Å². The Morgan fingerprint density at radius 1 is 1.35 bits per heavy atom. The van der Waals surface area contributed by atoms with Gasteiger partial charge in [-0.15, -0.1) is 0 Å². The van der Waals surface area contributed by atoms with Gasteiger partial charge in [0.05, 0.1) is 6.61 Å². The third-order valence-corrected chi connectivity index (χ3v) is 3.92. The fourth-order valence-electron chi connectivity index (χ4n) is 2.40. The minimum atomic E-state index is 0.654. The van der Waals surface area contributed by atoms with Crippen molar-refractivity contribution in [3.63, 3.8) is 0 Å². The molecule has 100 valence electrons. The van der Waals surface area contributed by atoms with Crippen molar-refractivity contribution in [2.24, 2.45) is 11.8 Å². The van der Waals surface area contributed by atoms with Crippen molar-refractivity contribution in [2.75, 3.05) is 39.4 Å². The molecule has 3 nitrogen and oxygen atoms in total. The molecule has 0 aromatic rings. The predicted octanol–water partition coefficient (Wildman–Crippen LogP) is 1.73. The number of hydrogen-bond acceptors (Lipinski definition) is 3. The van der Waals surface area contributed by atoms with Crippen LogP contribution in [0, 0.1) is 11.8 Å². The molecule has 3 heteroatoms. The molecule has 1 aliphatic carbocycles. The number of nitrogens with zero attached hydrogens (tertiary/aromatic N) is 1. The highest BCUT2D eigenvalue weighted by Crippen LogP contribution is 2.28. The Morgan fingerprint density at radius 3 is 2.88 bits per heavy atom. The molecule has 0 bridgehead atoms. The molecule has 1 atom stereocenters. The van der Waals surface area contributed by atoms with Crippen LogP contribution in [-0.2, 0) is 4.74 Å². The Hall–Kier alpha value is -0.120. The molecule has 2 rings (SSSR count). The van der Waals surface area contributed by atoms with E-state index >= 15 is 0 Å². The summed E-state index contributed by atoms with van der Waals surface area (Å²) >= 11 is 0. The van der Waals surface area contributed by atoms with E-state index in [0.717, 1.165) is 31.6 Å². The second kappa shape index (κ2) is 6.72. The summed E-state index contributed by atoms with van der Waals surface area (Å²) in [5.74, 6) is 1.62. The second-order valence-electron chi connectivity index (χ2n) is 5.98. The van der Waals surface area contributed by atoms with Crippen LogP contribution in [0.3, 0.4) is 0 Å². The Bertz CT molecular complexity index is 216. The number of ether oxygens (including phenoxy) is 1. The van der Waals surface area contributed by atoms with Crippen molar-refractivity contribution in [3.05, 3.63) is 0 Å². The molecule has 0 spiro atoms. The summed E-state index contributed by atoms with van der Waals surface area (Å²) in [7, 11) is 0. The van der Waals surface area contributed by atoms with Crippen molar-refractivity contribution >= 4 is 0 Å². The molecule has 0 aromatic carbocycles. The van der Waals surface area contributed by atoms with Crippen LogP contribution in [0.5, 0.6) is 0 Å². The van der Waals surface area contributed by atoms with Gasteiger partial charge in [-0.25, -0.2) is 0 Å². The van der Waals surface area contributed by atoms with E-state index in [1.807, 2.05) is 0 Å². The van der Waals surface area contributed by atoms with Crippen molar-refractivity contribution in [1.29, 1.82) is 0 Å². The maximum absolute atomic E-state index is 5.73. The quantitative estimate of drug-likeness (QED) is 0.716. The lowest BCUT2D eigenvalue weighted by atomic mass is 10.0. The van der Waals surface area contributed by atoms with Crippen LogP contribution in [0.15, 0.2) is 0 Å². The van der Waals surface area contributed by atoms with Gasteiger partial charge in [0.1, 0.15) is 0 Å². The number of rotatable bonds is 6. The molecule has 1 unspecified atom stereocenters. The van der Waals surface area contributed by atoms with Gasteiger partial charge >= 0.3 is 0 Å². The second-order valence-corrected chi connectivity index (χ2v) is 5.98. The fraction of sp³-hybridized carbons (Fsp3) is 1.00. The molecule has 2 aliphatic rings. The summed E-state index contributed by atoms with van der Waals surface area (Å²) < 4.78 is 5.73. The van der Waals surface area contributed by atoms with Gasteiger partial charge in [0.25, 0.3) is 0 Å². The van der Waals surface area contributed by atoms with Crippen molar-refractivity contribution in [1.82, 2.24) is 10.2 Å². The Labute approximate surface area is 106 Å². The van der Waals surface area contributed by atoms with Gasteiger partial charge in [-0.2, -0.15) is 0 Å².